The van der Waals surface area contributed by atoms with Gasteiger partial charge >= 0.3 is 11.9 Å². The molecule has 3 atom stereocenters. The maximum Gasteiger partial charge on any atom is 0.326 e. The highest BCUT2D eigenvalue weighted by Crippen LogP contribution is 2.21. The number of aliphatic imine (C=N–C) groups is 1. The lowest BCUT2D eigenvalue weighted by Crippen LogP contribution is -2.45. The minimum Gasteiger partial charge on any atom is -0.480 e. The molecule has 1 heterocycles. The summed E-state index contributed by atoms with van der Waals surface area (Å²) in [6, 6.07) is 7.86. The zero-order valence-corrected chi connectivity index (χ0v) is 27.0. The predicted octanol–water partition coefficient (Wildman–Crippen LogP) is 0.683. The fourth-order valence-corrected chi connectivity index (χ4v) is 4.60. The van der Waals surface area contributed by atoms with E-state index in [0.29, 0.717) is 0 Å². The van der Waals surface area contributed by atoms with E-state index >= 15 is 0 Å². The molecule has 3 amide bonds. The molecule has 0 fully saturated rings. The zero-order chi connectivity index (χ0) is 35.3. The molecule has 0 aliphatic heterocycles. The van der Waals surface area contributed by atoms with Gasteiger partial charge in [0.1, 0.15) is 6.04 Å². The van der Waals surface area contributed by atoms with E-state index in [1.54, 1.807) is 24.3 Å². The van der Waals surface area contributed by atoms with Crippen LogP contribution in [0.25, 0.3) is 0 Å². The topological polar surface area (TPSA) is 275 Å². The number of nitrogens with zero attached hydrogens (tertiary/aromatic N) is 3. The summed E-state index contributed by atoms with van der Waals surface area (Å²) in [5, 5.41) is 17.0. The molecule has 47 heavy (non-hydrogen) atoms. The van der Waals surface area contributed by atoms with E-state index in [1.165, 1.54) is 6.92 Å². The van der Waals surface area contributed by atoms with Crippen molar-refractivity contribution in [2.75, 3.05) is 24.1 Å². The number of carbonyl (C=O) groups is 6. The number of Topliss-reactive ketones (excluding diaryl/α,β-unsaturated/α-hetero) is 2. The molecule has 2 rings (SSSR count). The number of nitrogens with two attached hydrogens (primary N) is 3. The van der Waals surface area contributed by atoms with Crippen molar-refractivity contribution in [1.29, 1.82) is 0 Å². The molecule has 0 unspecified atom stereocenters. The second-order valence-corrected chi connectivity index (χ2v) is 11.7. The number of hydrogen-bond acceptors (Lipinski definition) is 10. The van der Waals surface area contributed by atoms with Crippen LogP contribution >= 0.6 is 11.6 Å². The number of anilines is 2. The van der Waals surface area contributed by atoms with Crippen molar-refractivity contribution < 1.29 is 33.9 Å². The Bertz CT molecular complexity index is 1500. The first-order valence-electron chi connectivity index (χ1n) is 14.7. The van der Waals surface area contributed by atoms with Gasteiger partial charge in [-0.3, -0.25) is 24.0 Å². The third-order valence-corrected chi connectivity index (χ3v) is 6.96. The molecule has 2 aromatic rings. The molecule has 0 saturated heterocycles. The van der Waals surface area contributed by atoms with Gasteiger partial charge < -0.3 is 38.3 Å². The van der Waals surface area contributed by atoms with Crippen LogP contribution in [0, 0.1) is 17.8 Å². The SMILES string of the molecule is CC(C)C[C@@H](NC(=O)[C@@H](CC(=O)CNC(=O)[C@@H](C)CC(=O)CNc1nc(N)c(C(=O)N=C(N)N)nc1Cl)Cc1ccccc1)C(=O)O. The highest BCUT2D eigenvalue weighted by Gasteiger charge is 2.28. The minimum atomic E-state index is -1.17. The summed E-state index contributed by atoms with van der Waals surface area (Å²) in [5.74, 6) is -6.74. The van der Waals surface area contributed by atoms with Crippen molar-refractivity contribution in [3.05, 3.63) is 46.7 Å². The fourth-order valence-electron chi connectivity index (χ4n) is 4.40. The first-order valence-corrected chi connectivity index (χ1v) is 15.0. The number of hydrogen-bond donors (Lipinski definition) is 7. The first kappa shape index (κ1) is 38.1. The van der Waals surface area contributed by atoms with Gasteiger partial charge in [-0.15, -0.1) is 0 Å². The highest BCUT2D eigenvalue weighted by atomic mass is 35.5. The van der Waals surface area contributed by atoms with Gasteiger partial charge in [0.05, 0.1) is 13.1 Å². The molecule has 1 aromatic heterocycles. The Labute approximate surface area is 276 Å². The number of carboxylic acids is 1. The van der Waals surface area contributed by atoms with Crippen LogP contribution in [0.3, 0.4) is 0 Å². The largest absolute Gasteiger partial charge is 0.480 e. The predicted molar refractivity (Wildman–Crippen MR) is 174 cm³/mol. The van der Waals surface area contributed by atoms with E-state index in [9.17, 15) is 33.9 Å². The average Bonchev–Trinajstić information content (AvgIpc) is 2.99. The minimum absolute atomic E-state index is 0.0112. The summed E-state index contributed by atoms with van der Waals surface area (Å²) >= 11 is 6.04. The zero-order valence-electron chi connectivity index (χ0n) is 26.3. The number of aliphatic carboxylic acids is 1. The monoisotopic (exact) mass is 673 g/mol. The van der Waals surface area contributed by atoms with Crippen LogP contribution in [0.15, 0.2) is 35.3 Å². The normalized spacial score (nSPS) is 12.7. The number of benzene rings is 1. The van der Waals surface area contributed by atoms with Crippen molar-refractivity contribution in [1.82, 2.24) is 20.6 Å². The third-order valence-electron chi connectivity index (χ3n) is 6.70. The molecule has 10 N–H and O–H groups in total. The lowest BCUT2D eigenvalue weighted by Gasteiger charge is -2.21. The summed E-state index contributed by atoms with van der Waals surface area (Å²) in [4.78, 5) is 85.9. The lowest BCUT2D eigenvalue weighted by atomic mass is 9.92. The summed E-state index contributed by atoms with van der Waals surface area (Å²) in [6.45, 7) is 4.47. The molecule has 17 heteroatoms. The van der Waals surface area contributed by atoms with Crippen LogP contribution < -0.4 is 33.2 Å². The second-order valence-electron chi connectivity index (χ2n) is 11.3. The van der Waals surface area contributed by atoms with Crippen LogP contribution in [0.5, 0.6) is 0 Å². The second kappa shape index (κ2) is 18.1. The van der Waals surface area contributed by atoms with Crippen LogP contribution in [-0.4, -0.2) is 75.4 Å². The Morgan fingerprint density at radius 2 is 1.57 bits per heavy atom. The van der Waals surface area contributed by atoms with Crippen LogP contribution in [0.1, 0.15) is 56.1 Å². The number of amides is 3. The Kier molecular flexibility index (Phi) is 14.7. The average molecular weight is 674 g/mol. The number of carboxylic acid groups (broad SMARTS) is 1. The van der Waals surface area contributed by atoms with Crippen molar-refractivity contribution in [3.63, 3.8) is 0 Å². The van der Waals surface area contributed by atoms with E-state index in [2.05, 4.69) is 30.9 Å². The van der Waals surface area contributed by atoms with Gasteiger partial charge in [0.15, 0.2) is 40.0 Å². The molecule has 0 aliphatic rings. The molecule has 0 aliphatic carbocycles. The van der Waals surface area contributed by atoms with Gasteiger partial charge in [-0.05, 0) is 24.3 Å². The first-order chi connectivity index (χ1) is 22.1. The van der Waals surface area contributed by atoms with Crippen molar-refractivity contribution in [2.45, 2.75) is 52.5 Å². The molecule has 0 bridgehead atoms. The van der Waals surface area contributed by atoms with Crippen molar-refractivity contribution in [3.8, 4) is 0 Å². The number of guanidine groups is 1. The van der Waals surface area contributed by atoms with E-state index < -0.39 is 65.6 Å². The Balaban J connectivity index is 1.94. The van der Waals surface area contributed by atoms with Crippen LogP contribution in [0.2, 0.25) is 5.15 Å². The Hall–Kier alpha value is -5.12. The van der Waals surface area contributed by atoms with E-state index in [4.69, 9.17) is 28.8 Å². The maximum atomic E-state index is 13.1. The highest BCUT2D eigenvalue weighted by molar-refractivity contribution is 6.32. The number of ketones is 2. The standard InChI is InChI=1S/C30H40ClN9O7/c1-15(2)9-21(29(46)47)37-27(44)18(11-17-7-5-4-6-8-17)12-20(42)14-36-26(43)16(3)10-19(41)13-35-25-23(31)38-22(24(32)39-25)28(45)40-30(33)34/h4-8,15-16,18,21H,9-14H2,1-3H3,(H,36,43)(H,37,44)(H,46,47)(H3,32,35,39)(H4,33,34,40,45)/t16-,18+,21+/m0/s1. The van der Waals surface area contributed by atoms with E-state index in [1.807, 2.05) is 19.9 Å². The molecular weight excluding hydrogens is 634 g/mol. The van der Waals surface area contributed by atoms with Gasteiger partial charge in [-0.2, -0.15) is 4.99 Å². The Morgan fingerprint density at radius 1 is 0.936 bits per heavy atom. The van der Waals surface area contributed by atoms with Crippen molar-refractivity contribution >= 4 is 64.5 Å². The van der Waals surface area contributed by atoms with Crippen LogP contribution in [0.4, 0.5) is 11.6 Å². The molecule has 1 aromatic carbocycles. The molecule has 0 saturated carbocycles. The number of aromatic nitrogens is 2. The summed E-state index contributed by atoms with van der Waals surface area (Å²) in [7, 11) is 0. The third kappa shape index (κ3) is 13.0. The number of rotatable bonds is 18. The molecule has 254 valence electrons. The van der Waals surface area contributed by atoms with E-state index in [-0.39, 0.29) is 60.6 Å². The summed E-state index contributed by atoms with van der Waals surface area (Å²) < 4.78 is 0. The van der Waals surface area contributed by atoms with Crippen molar-refractivity contribution in [2.24, 2.45) is 34.2 Å². The maximum absolute atomic E-state index is 13.1. The molecule has 0 radical (unpaired) electrons. The van der Waals surface area contributed by atoms with Gasteiger partial charge in [-0.1, -0.05) is 62.7 Å². The quantitative estimate of drug-likeness (QED) is 0.0848. The fraction of sp³-hybridized carbons (Fsp3) is 0.433. The Morgan fingerprint density at radius 3 is 2.17 bits per heavy atom. The van der Waals surface area contributed by atoms with E-state index in [0.717, 1.165) is 5.56 Å². The number of nitrogen functional groups attached to an aromatic ring is 1. The number of nitrogens with one attached hydrogen (secondary N) is 3. The molecular formula is C30H40ClN9O7. The summed E-state index contributed by atoms with van der Waals surface area (Å²) in [5.41, 5.74) is 16.5. The van der Waals surface area contributed by atoms with Gasteiger partial charge in [-0.25, -0.2) is 14.8 Å². The lowest BCUT2D eigenvalue weighted by molar-refractivity contribution is -0.143. The molecule has 16 nitrogen and oxygen atoms in total. The summed E-state index contributed by atoms with van der Waals surface area (Å²) in [6.07, 6.45) is -0.0427. The van der Waals surface area contributed by atoms with Gasteiger partial charge in [0.25, 0.3) is 0 Å². The van der Waals surface area contributed by atoms with Gasteiger partial charge in [0.2, 0.25) is 11.8 Å². The number of carbonyl (C=O) groups excluding carboxylic acids is 5. The van der Waals surface area contributed by atoms with Crippen LogP contribution in [-0.2, 0) is 30.4 Å². The number of halogens is 1. The smallest absolute Gasteiger partial charge is 0.326 e. The molecule has 0 spiro atoms. The van der Waals surface area contributed by atoms with Gasteiger partial charge in [0, 0.05) is 24.7 Å².